The summed E-state index contributed by atoms with van der Waals surface area (Å²) in [6.07, 6.45) is 7.74. The molecule has 2 fully saturated rings. The average molecular weight is 211 g/mol. The van der Waals surface area contributed by atoms with E-state index in [1.54, 1.807) is 0 Å². The van der Waals surface area contributed by atoms with Gasteiger partial charge in [-0.3, -0.25) is 0 Å². The molecule has 0 aromatic carbocycles. The fourth-order valence-corrected chi connectivity index (χ4v) is 2.83. The van der Waals surface area contributed by atoms with Crippen LogP contribution in [-0.2, 0) is 0 Å². The van der Waals surface area contributed by atoms with Crippen molar-refractivity contribution in [2.45, 2.75) is 51.6 Å². The smallest absolute Gasteiger partial charge is 0.0667 e. The van der Waals surface area contributed by atoms with Crippen LogP contribution in [0.25, 0.3) is 0 Å². The third-order valence-electron chi connectivity index (χ3n) is 4.14. The van der Waals surface area contributed by atoms with E-state index < -0.39 is 0 Å². The van der Waals surface area contributed by atoms with E-state index in [4.69, 9.17) is 0 Å². The average Bonchev–Trinajstić information content (AvgIpc) is 2.69. The molecule has 15 heavy (non-hydrogen) atoms. The molecule has 0 saturated heterocycles. The first-order valence-electron chi connectivity index (χ1n) is 6.64. The first kappa shape index (κ1) is 11.4. The highest BCUT2D eigenvalue weighted by Gasteiger charge is 2.31. The summed E-state index contributed by atoms with van der Waals surface area (Å²) in [5.41, 5.74) is 0. The molecule has 2 N–H and O–H groups in total. The third kappa shape index (κ3) is 3.76. The van der Waals surface area contributed by atoms with Crippen molar-refractivity contribution in [3.63, 3.8) is 0 Å². The first-order valence-corrected chi connectivity index (χ1v) is 6.64. The molecule has 0 aliphatic heterocycles. The summed E-state index contributed by atoms with van der Waals surface area (Å²) in [6, 6.07) is 0. The van der Waals surface area contributed by atoms with Gasteiger partial charge in [0.05, 0.1) is 6.10 Å². The molecule has 2 nitrogen and oxygen atoms in total. The predicted molar refractivity (Wildman–Crippen MR) is 62.7 cm³/mol. The monoisotopic (exact) mass is 211 g/mol. The molecule has 2 aliphatic rings. The zero-order valence-corrected chi connectivity index (χ0v) is 9.91. The number of aliphatic hydroxyl groups excluding tert-OH is 1. The van der Waals surface area contributed by atoms with Crippen molar-refractivity contribution in [1.82, 2.24) is 5.32 Å². The number of rotatable bonds is 6. The molecule has 3 atom stereocenters. The summed E-state index contributed by atoms with van der Waals surface area (Å²) in [7, 11) is 0. The van der Waals surface area contributed by atoms with Crippen LogP contribution in [-0.4, -0.2) is 24.3 Å². The van der Waals surface area contributed by atoms with E-state index in [9.17, 15) is 5.11 Å². The second-order valence-electron chi connectivity index (χ2n) is 5.67. The van der Waals surface area contributed by atoms with Gasteiger partial charge in [-0.1, -0.05) is 32.6 Å². The molecule has 2 rings (SSSR count). The normalized spacial score (nSPS) is 33.2. The molecule has 0 bridgehead atoms. The SMILES string of the molecule is CC1CC1CNCC(O)CC1CCCC1. The highest BCUT2D eigenvalue weighted by molar-refractivity contribution is 4.84. The molecule has 0 spiro atoms. The van der Waals surface area contributed by atoms with Crippen LogP contribution in [0.15, 0.2) is 0 Å². The van der Waals surface area contributed by atoms with Crippen molar-refractivity contribution in [3.8, 4) is 0 Å². The highest BCUT2D eigenvalue weighted by atomic mass is 16.3. The standard InChI is InChI=1S/C13H25NO/c1-10-6-12(10)8-14-9-13(15)7-11-4-2-3-5-11/h10-15H,2-9H2,1H3. The molecular weight excluding hydrogens is 186 g/mol. The van der Waals surface area contributed by atoms with Gasteiger partial charge in [0, 0.05) is 6.54 Å². The van der Waals surface area contributed by atoms with Gasteiger partial charge in [0.2, 0.25) is 0 Å². The van der Waals surface area contributed by atoms with Crippen molar-refractivity contribution < 1.29 is 5.11 Å². The topological polar surface area (TPSA) is 32.3 Å². The predicted octanol–water partition coefficient (Wildman–Crippen LogP) is 2.17. The van der Waals surface area contributed by atoms with Gasteiger partial charge in [0.15, 0.2) is 0 Å². The number of aliphatic hydroxyl groups is 1. The lowest BCUT2D eigenvalue weighted by molar-refractivity contribution is 0.140. The summed E-state index contributed by atoms with van der Waals surface area (Å²) in [6.45, 7) is 4.23. The summed E-state index contributed by atoms with van der Waals surface area (Å²) < 4.78 is 0. The quantitative estimate of drug-likeness (QED) is 0.706. The Balaban J connectivity index is 1.50. The van der Waals surface area contributed by atoms with E-state index in [1.165, 1.54) is 32.1 Å². The Morgan fingerprint density at radius 3 is 2.60 bits per heavy atom. The van der Waals surface area contributed by atoms with E-state index in [-0.39, 0.29) is 6.10 Å². The second-order valence-corrected chi connectivity index (χ2v) is 5.67. The van der Waals surface area contributed by atoms with Gasteiger partial charge in [-0.25, -0.2) is 0 Å². The van der Waals surface area contributed by atoms with Gasteiger partial charge in [0.1, 0.15) is 0 Å². The molecule has 0 radical (unpaired) electrons. The largest absolute Gasteiger partial charge is 0.392 e. The summed E-state index contributed by atoms with van der Waals surface area (Å²) in [5, 5.41) is 13.2. The molecule has 3 unspecified atom stereocenters. The lowest BCUT2D eigenvalue weighted by Crippen LogP contribution is -2.29. The zero-order valence-electron chi connectivity index (χ0n) is 9.91. The minimum Gasteiger partial charge on any atom is -0.392 e. The van der Waals surface area contributed by atoms with E-state index in [0.29, 0.717) is 0 Å². The van der Waals surface area contributed by atoms with Crippen LogP contribution in [0.3, 0.4) is 0 Å². The maximum atomic E-state index is 9.85. The number of hydrogen-bond donors (Lipinski definition) is 2. The van der Waals surface area contributed by atoms with E-state index in [2.05, 4.69) is 12.2 Å². The maximum absolute atomic E-state index is 9.85. The fraction of sp³-hybridized carbons (Fsp3) is 1.00. The molecule has 2 aliphatic carbocycles. The minimum atomic E-state index is -0.109. The van der Waals surface area contributed by atoms with Crippen LogP contribution >= 0.6 is 0 Å². The van der Waals surface area contributed by atoms with E-state index in [0.717, 1.165) is 37.3 Å². The van der Waals surface area contributed by atoms with E-state index >= 15 is 0 Å². The molecule has 0 aromatic heterocycles. The summed E-state index contributed by atoms with van der Waals surface area (Å²) >= 11 is 0. The fourth-order valence-electron chi connectivity index (χ4n) is 2.83. The van der Waals surface area contributed by atoms with Crippen LogP contribution in [0, 0.1) is 17.8 Å². The van der Waals surface area contributed by atoms with Crippen molar-refractivity contribution in [1.29, 1.82) is 0 Å². The molecule has 2 saturated carbocycles. The lowest BCUT2D eigenvalue weighted by Gasteiger charge is -2.15. The molecule has 2 heteroatoms. The third-order valence-corrected chi connectivity index (χ3v) is 4.14. The minimum absolute atomic E-state index is 0.109. The number of nitrogens with one attached hydrogen (secondary N) is 1. The Kier molecular flexibility index (Phi) is 4.04. The molecule has 0 heterocycles. The Morgan fingerprint density at radius 2 is 2.00 bits per heavy atom. The van der Waals surface area contributed by atoms with Gasteiger partial charge >= 0.3 is 0 Å². The van der Waals surface area contributed by atoms with Crippen molar-refractivity contribution in [2.75, 3.05) is 13.1 Å². The van der Waals surface area contributed by atoms with Crippen molar-refractivity contribution >= 4 is 0 Å². The van der Waals surface area contributed by atoms with Gasteiger partial charge < -0.3 is 10.4 Å². The number of hydrogen-bond acceptors (Lipinski definition) is 2. The second kappa shape index (κ2) is 5.31. The highest BCUT2D eigenvalue weighted by Crippen LogP contribution is 2.36. The van der Waals surface area contributed by atoms with Crippen molar-refractivity contribution in [2.24, 2.45) is 17.8 Å². The van der Waals surface area contributed by atoms with Gasteiger partial charge in [-0.05, 0) is 37.1 Å². The summed E-state index contributed by atoms with van der Waals surface area (Å²) in [5.74, 6) is 2.62. The van der Waals surface area contributed by atoms with Gasteiger partial charge in [-0.2, -0.15) is 0 Å². The Hall–Kier alpha value is -0.0800. The summed E-state index contributed by atoms with van der Waals surface area (Å²) in [4.78, 5) is 0. The van der Waals surface area contributed by atoms with Crippen LogP contribution in [0.5, 0.6) is 0 Å². The van der Waals surface area contributed by atoms with Crippen LogP contribution < -0.4 is 5.32 Å². The van der Waals surface area contributed by atoms with E-state index in [1.807, 2.05) is 0 Å². The Morgan fingerprint density at radius 1 is 1.33 bits per heavy atom. The van der Waals surface area contributed by atoms with Gasteiger partial charge in [-0.15, -0.1) is 0 Å². The van der Waals surface area contributed by atoms with Crippen LogP contribution in [0.1, 0.15) is 45.4 Å². The van der Waals surface area contributed by atoms with Gasteiger partial charge in [0.25, 0.3) is 0 Å². The molecule has 0 amide bonds. The maximum Gasteiger partial charge on any atom is 0.0667 e. The Labute approximate surface area is 93.5 Å². The Bertz CT molecular complexity index is 189. The zero-order chi connectivity index (χ0) is 10.7. The first-order chi connectivity index (χ1) is 7.25. The van der Waals surface area contributed by atoms with Crippen LogP contribution in [0.4, 0.5) is 0 Å². The molecule has 88 valence electrons. The molecular formula is C13H25NO. The molecule has 0 aromatic rings. The van der Waals surface area contributed by atoms with Crippen molar-refractivity contribution in [3.05, 3.63) is 0 Å². The lowest BCUT2D eigenvalue weighted by atomic mass is 10.00. The van der Waals surface area contributed by atoms with Crippen LogP contribution in [0.2, 0.25) is 0 Å².